The van der Waals surface area contributed by atoms with Crippen LogP contribution in [-0.4, -0.2) is 54.5 Å². The molecular weight excluding hydrogens is 268 g/mol. The highest BCUT2D eigenvalue weighted by Crippen LogP contribution is 2.09. The Morgan fingerprint density at radius 1 is 1.38 bits per heavy atom. The summed E-state index contributed by atoms with van der Waals surface area (Å²) in [6.07, 6.45) is 2.52. The number of aryl methyl sites for hydroxylation is 1. The maximum absolute atomic E-state index is 12.1. The van der Waals surface area contributed by atoms with Crippen LogP contribution in [0.15, 0.2) is 18.2 Å². The van der Waals surface area contributed by atoms with Crippen molar-refractivity contribution in [3.63, 3.8) is 0 Å². The summed E-state index contributed by atoms with van der Waals surface area (Å²) >= 11 is 0. The van der Waals surface area contributed by atoms with Crippen molar-refractivity contribution in [2.75, 3.05) is 26.2 Å². The van der Waals surface area contributed by atoms with Gasteiger partial charge in [-0.2, -0.15) is 0 Å². The van der Waals surface area contributed by atoms with Gasteiger partial charge in [0.2, 0.25) is 0 Å². The molecule has 1 amide bonds. The number of aldehydes is 1. The van der Waals surface area contributed by atoms with Gasteiger partial charge in [0.15, 0.2) is 0 Å². The number of nitrogens with one attached hydrogen (secondary N) is 1. The van der Waals surface area contributed by atoms with Gasteiger partial charge in [0, 0.05) is 24.2 Å². The molecule has 1 heterocycles. The van der Waals surface area contributed by atoms with Crippen molar-refractivity contribution >= 4 is 12.2 Å². The van der Waals surface area contributed by atoms with Crippen LogP contribution >= 0.6 is 0 Å². The number of carbonyl (C=O) groups excluding carboxylic acids is 2. The molecule has 1 aliphatic heterocycles. The molecular formula is C16H22N2O3. The average molecular weight is 290 g/mol. The molecule has 2 rings (SSSR count). The number of likely N-dealkylation sites (tertiary alicyclic amines) is 1. The predicted molar refractivity (Wildman–Crippen MR) is 80.6 cm³/mol. The molecule has 1 aromatic rings. The fourth-order valence-electron chi connectivity index (χ4n) is 2.65. The third kappa shape index (κ3) is 4.65. The van der Waals surface area contributed by atoms with Crippen LogP contribution in [0.2, 0.25) is 0 Å². The molecule has 1 saturated heterocycles. The second kappa shape index (κ2) is 7.33. The van der Waals surface area contributed by atoms with Gasteiger partial charge in [0.05, 0.1) is 6.10 Å². The van der Waals surface area contributed by atoms with E-state index in [0.717, 1.165) is 24.9 Å². The van der Waals surface area contributed by atoms with Gasteiger partial charge in [-0.25, -0.2) is 0 Å². The first-order valence-electron chi connectivity index (χ1n) is 7.34. The van der Waals surface area contributed by atoms with Crippen LogP contribution in [0.25, 0.3) is 0 Å². The van der Waals surface area contributed by atoms with Gasteiger partial charge in [-0.15, -0.1) is 0 Å². The number of hydrogen-bond donors (Lipinski definition) is 2. The molecule has 1 unspecified atom stereocenters. The van der Waals surface area contributed by atoms with Gasteiger partial charge in [-0.05, 0) is 56.6 Å². The van der Waals surface area contributed by atoms with E-state index in [0.29, 0.717) is 17.7 Å². The topological polar surface area (TPSA) is 69.6 Å². The van der Waals surface area contributed by atoms with E-state index in [9.17, 15) is 14.7 Å². The first-order valence-corrected chi connectivity index (χ1v) is 7.34. The summed E-state index contributed by atoms with van der Waals surface area (Å²) in [5.74, 6) is -0.262. The molecule has 5 nitrogen and oxygen atoms in total. The minimum Gasteiger partial charge on any atom is -0.390 e. The van der Waals surface area contributed by atoms with Crippen molar-refractivity contribution < 1.29 is 14.7 Å². The lowest BCUT2D eigenvalue weighted by Gasteiger charge is -2.19. The van der Waals surface area contributed by atoms with Crippen LogP contribution < -0.4 is 5.32 Å². The maximum atomic E-state index is 12.1. The van der Waals surface area contributed by atoms with Crippen LogP contribution in [0.3, 0.4) is 0 Å². The Morgan fingerprint density at radius 2 is 2.10 bits per heavy atom. The van der Waals surface area contributed by atoms with E-state index in [1.54, 1.807) is 18.2 Å². The maximum Gasteiger partial charge on any atom is 0.251 e. The SMILES string of the molecule is Cc1cc(C=O)cc(C(=O)NCC(O)CN2CCCC2)c1. The molecule has 21 heavy (non-hydrogen) atoms. The Kier molecular flexibility index (Phi) is 5.47. The molecule has 2 N–H and O–H groups in total. The lowest BCUT2D eigenvalue weighted by Crippen LogP contribution is -2.39. The minimum absolute atomic E-state index is 0.222. The van der Waals surface area contributed by atoms with Crippen molar-refractivity contribution in [2.45, 2.75) is 25.9 Å². The first kappa shape index (κ1) is 15.7. The Hall–Kier alpha value is -1.72. The summed E-state index contributed by atoms with van der Waals surface area (Å²) in [7, 11) is 0. The van der Waals surface area contributed by atoms with E-state index < -0.39 is 6.10 Å². The molecule has 1 atom stereocenters. The Balaban J connectivity index is 1.86. The summed E-state index contributed by atoms with van der Waals surface area (Å²) in [6, 6.07) is 5.02. The summed E-state index contributed by atoms with van der Waals surface area (Å²) in [6.45, 7) is 4.69. The number of aliphatic hydroxyl groups excluding tert-OH is 1. The molecule has 114 valence electrons. The van der Waals surface area contributed by atoms with E-state index >= 15 is 0 Å². The van der Waals surface area contributed by atoms with E-state index in [1.165, 1.54) is 12.8 Å². The Labute approximate surface area is 125 Å². The fourth-order valence-corrected chi connectivity index (χ4v) is 2.65. The van der Waals surface area contributed by atoms with Gasteiger partial charge in [-0.1, -0.05) is 0 Å². The molecule has 0 aromatic heterocycles. The lowest BCUT2D eigenvalue weighted by molar-refractivity contribution is 0.0879. The van der Waals surface area contributed by atoms with Crippen molar-refractivity contribution in [3.05, 3.63) is 34.9 Å². The molecule has 5 heteroatoms. The van der Waals surface area contributed by atoms with Crippen molar-refractivity contribution in [2.24, 2.45) is 0 Å². The zero-order valence-corrected chi connectivity index (χ0v) is 12.3. The monoisotopic (exact) mass is 290 g/mol. The van der Waals surface area contributed by atoms with Gasteiger partial charge in [-0.3, -0.25) is 9.59 Å². The van der Waals surface area contributed by atoms with Crippen molar-refractivity contribution in [3.8, 4) is 0 Å². The minimum atomic E-state index is -0.567. The molecule has 0 saturated carbocycles. The molecule has 1 aromatic carbocycles. The number of benzene rings is 1. The largest absolute Gasteiger partial charge is 0.390 e. The number of β-amino-alcohol motifs (C(OH)–C–C–N with tert-alkyl or cyclic N) is 1. The summed E-state index contributed by atoms with van der Waals surface area (Å²) < 4.78 is 0. The summed E-state index contributed by atoms with van der Waals surface area (Å²) in [5.41, 5.74) is 1.80. The van der Waals surface area contributed by atoms with E-state index in [2.05, 4.69) is 10.2 Å². The van der Waals surface area contributed by atoms with E-state index in [4.69, 9.17) is 0 Å². The number of hydrogen-bond acceptors (Lipinski definition) is 4. The molecule has 1 fully saturated rings. The Bertz CT molecular complexity index is 510. The van der Waals surface area contributed by atoms with Crippen LogP contribution in [0.1, 0.15) is 39.1 Å². The molecule has 0 spiro atoms. The molecule has 1 aliphatic rings. The third-order valence-corrected chi connectivity index (χ3v) is 3.66. The van der Waals surface area contributed by atoms with Gasteiger partial charge < -0.3 is 15.3 Å². The second-order valence-corrected chi connectivity index (χ2v) is 5.62. The van der Waals surface area contributed by atoms with E-state index in [-0.39, 0.29) is 12.5 Å². The van der Waals surface area contributed by atoms with Crippen LogP contribution in [-0.2, 0) is 0 Å². The fraction of sp³-hybridized carbons (Fsp3) is 0.500. The van der Waals surface area contributed by atoms with Crippen molar-refractivity contribution in [1.82, 2.24) is 10.2 Å². The number of rotatable bonds is 6. The zero-order chi connectivity index (χ0) is 15.2. The predicted octanol–water partition coefficient (Wildman–Crippen LogP) is 0.994. The van der Waals surface area contributed by atoms with E-state index in [1.807, 2.05) is 6.92 Å². The average Bonchev–Trinajstić information content (AvgIpc) is 2.96. The molecule has 0 bridgehead atoms. The molecule has 0 radical (unpaired) electrons. The van der Waals surface area contributed by atoms with Crippen molar-refractivity contribution in [1.29, 1.82) is 0 Å². The Morgan fingerprint density at radius 3 is 2.76 bits per heavy atom. The standard InChI is InChI=1S/C16H22N2O3/c1-12-6-13(11-19)8-14(7-12)16(21)17-9-15(20)10-18-4-2-3-5-18/h6-8,11,15,20H,2-5,9-10H2,1H3,(H,17,21). The highest BCUT2D eigenvalue weighted by atomic mass is 16.3. The zero-order valence-electron chi connectivity index (χ0n) is 12.3. The second-order valence-electron chi connectivity index (χ2n) is 5.62. The van der Waals surface area contributed by atoms with Crippen LogP contribution in [0.5, 0.6) is 0 Å². The van der Waals surface area contributed by atoms with Crippen LogP contribution in [0, 0.1) is 6.92 Å². The lowest BCUT2D eigenvalue weighted by atomic mass is 10.1. The number of nitrogens with zero attached hydrogens (tertiary/aromatic N) is 1. The highest BCUT2D eigenvalue weighted by Gasteiger charge is 2.16. The van der Waals surface area contributed by atoms with Gasteiger partial charge in [0.25, 0.3) is 5.91 Å². The quantitative estimate of drug-likeness (QED) is 0.767. The summed E-state index contributed by atoms with van der Waals surface area (Å²) in [5, 5.41) is 12.7. The summed E-state index contributed by atoms with van der Waals surface area (Å²) in [4.78, 5) is 25.1. The van der Waals surface area contributed by atoms with Gasteiger partial charge >= 0.3 is 0 Å². The molecule has 0 aliphatic carbocycles. The number of amides is 1. The first-order chi connectivity index (χ1) is 10.1. The smallest absolute Gasteiger partial charge is 0.251 e. The van der Waals surface area contributed by atoms with Gasteiger partial charge in [0.1, 0.15) is 6.29 Å². The van der Waals surface area contributed by atoms with Crippen LogP contribution in [0.4, 0.5) is 0 Å². The number of aliphatic hydroxyl groups is 1. The third-order valence-electron chi connectivity index (χ3n) is 3.66. The number of carbonyl (C=O) groups is 2. The normalized spacial score (nSPS) is 16.7. The highest BCUT2D eigenvalue weighted by molar-refractivity contribution is 5.96.